The van der Waals surface area contributed by atoms with Crippen LogP contribution in [0, 0.1) is 0 Å². The molecule has 3 heteroatoms. The Morgan fingerprint density at radius 1 is 0.696 bits per heavy atom. The Morgan fingerprint density at radius 3 is 1.48 bits per heavy atom. The predicted octanol–water partition coefficient (Wildman–Crippen LogP) is 4.05. The topological polar surface area (TPSA) is 9.86 Å². The van der Waals surface area contributed by atoms with E-state index in [0.717, 1.165) is 13.1 Å². The first-order valence-corrected chi connectivity index (χ1v) is 11.0. The fourth-order valence-electron chi connectivity index (χ4n) is 3.01. The molecule has 0 fully saturated rings. The van der Waals surface area contributed by atoms with Crippen molar-refractivity contribution in [3.8, 4) is 0 Å². The Hall–Kier alpha value is -0.817. The van der Waals surface area contributed by atoms with E-state index in [2.05, 4.69) is 61.4 Å². The van der Waals surface area contributed by atoms with E-state index < -0.39 is 0 Å². The van der Waals surface area contributed by atoms with E-state index >= 15 is 0 Å². The molecule has 130 valence electrons. The molecule has 0 radical (unpaired) electrons. The Bertz CT molecular complexity index is 496. The molecule has 2 nitrogen and oxygen atoms in total. The molecule has 0 amide bonds. The van der Waals surface area contributed by atoms with Gasteiger partial charge in [0, 0.05) is 0 Å². The average Bonchev–Trinajstić information content (AvgIpc) is 3.08. The molecule has 0 aliphatic carbocycles. The number of hydrogen-bond acceptors (Lipinski definition) is 0. The van der Waals surface area contributed by atoms with E-state index in [0.29, 0.717) is 0 Å². The third kappa shape index (κ3) is 4.60. The Balaban J connectivity index is 2.36. The van der Waals surface area contributed by atoms with Crippen LogP contribution in [0.2, 0.25) is 0 Å². The van der Waals surface area contributed by atoms with Crippen molar-refractivity contribution in [2.24, 2.45) is 0 Å². The van der Waals surface area contributed by atoms with Crippen molar-refractivity contribution in [3.63, 3.8) is 0 Å². The van der Waals surface area contributed by atoms with Gasteiger partial charge in [-0.2, -0.15) is 0 Å². The summed E-state index contributed by atoms with van der Waals surface area (Å²) in [4.78, 5) is 0. The third-order valence-electron chi connectivity index (χ3n) is 4.05. The van der Waals surface area contributed by atoms with Crippen LogP contribution < -0.4 is 8.58 Å². The molecule has 0 aromatic carbocycles. The molecule has 0 aliphatic rings. The summed E-state index contributed by atoms with van der Waals surface area (Å²) in [5.41, 5.74) is 3.18. The van der Waals surface area contributed by atoms with Crippen molar-refractivity contribution in [2.75, 3.05) is 0 Å². The van der Waals surface area contributed by atoms with Crippen molar-refractivity contribution < 1.29 is 17.1 Å². The average molecular weight is 402 g/mol. The second-order valence-electron chi connectivity index (χ2n) is 6.22. The van der Waals surface area contributed by atoms with E-state index in [1.165, 1.54) is 38.5 Å². The molecule has 0 saturated heterocycles. The molecule has 2 heterocycles. The zero-order chi connectivity index (χ0) is 16.7. The van der Waals surface area contributed by atoms with Gasteiger partial charge in [0.05, 0.1) is 0 Å². The normalized spacial score (nSPS) is 11.5. The van der Waals surface area contributed by atoms with E-state index in [4.69, 9.17) is 0 Å². The number of aromatic nitrogens is 2. The molecule has 0 bridgehead atoms. The zero-order valence-corrected chi connectivity index (χ0v) is 17.0. The second kappa shape index (κ2) is 9.47. The summed E-state index contributed by atoms with van der Waals surface area (Å²) < 4.78 is 8.33. The van der Waals surface area contributed by atoms with E-state index in [1.807, 2.05) is 0 Å². The van der Waals surface area contributed by atoms with E-state index in [9.17, 15) is 0 Å². The van der Waals surface area contributed by atoms with Gasteiger partial charge in [0.15, 0.2) is 0 Å². The molecule has 0 aliphatic heterocycles. The van der Waals surface area contributed by atoms with Gasteiger partial charge in [-0.25, -0.2) is 0 Å². The molecule has 0 saturated carbocycles. The fourth-order valence-corrected chi connectivity index (χ4v) is 5.83. The monoisotopic (exact) mass is 402 g/mol. The fraction of sp³-hybridized carbons (Fsp3) is 0.600. The predicted molar refractivity (Wildman–Crippen MR) is 96.7 cm³/mol. The Labute approximate surface area is 149 Å². The van der Waals surface area contributed by atoms with Crippen molar-refractivity contribution in [1.29, 1.82) is 0 Å². The molecule has 0 unspecified atom stereocenters. The van der Waals surface area contributed by atoms with Crippen LogP contribution in [0.1, 0.15) is 64.5 Å². The van der Waals surface area contributed by atoms with Gasteiger partial charge in [0.25, 0.3) is 0 Å². The number of aryl methyl sites for hydroxylation is 4. The van der Waals surface area contributed by atoms with Crippen molar-refractivity contribution >= 4 is 8.58 Å². The standard InChI is InChI=1S/2C10H16N.Ru/c2*1-3-5-10-6-8-11(9-10)7-4-2;/h2*6,8H,3-5,7H2,1-2H3;. The van der Waals surface area contributed by atoms with Gasteiger partial charge in [0.2, 0.25) is 0 Å². The summed E-state index contributed by atoms with van der Waals surface area (Å²) in [6, 6.07) is 4.74. The van der Waals surface area contributed by atoms with Gasteiger partial charge in [-0.15, -0.1) is 0 Å². The Kier molecular flexibility index (Phi) is 7.63. The molecule has 23 heavy (non-hydrogen) atoms. The molecule has 0 N–H and O–H groups in total. The first-order chi connectivity index (χ1) is 11.2. The summed E-state index contributed by atoms with van der Waals surface area (Å²) >= 11 is 0.110. The van der Waals surface area contributed by atoms with Crippen molar-refractivity contribution in [3.05, 3.63) is 35.7 Å². The van der Waals surface area contributed by atoms with Crippen LogP contribution in [0.5, 0.6) is 0 Å². The third-order valence-corrected chi connectivity index (χ3v) is 6.99. The van der Waals surface area contributed by atoms with Gasteiger partial charge in [0.1, 0.15) is 0 Å². The number of nitrogens with zero attached hydrogens (tertiary/aromatic N) is 2. The van der Waals surface area contributed by atoms with Crippen LogP contribution in [0.4, 0.5) is 0 Å². The summed E-state index contributed by atoms with van der Waals surface area (Å²) in [5, 5.41) is 0. The summed E-state index contributed by atoms with van der Waals surface area (Å²) in [7, 11) is 0. The van der Waals surface area contributed by atoms with Gasteiger partial charge < -0.3 is 0 Å². The first-order valence-electron chi connectivity index (χ1n) is 9.23. The maximum absolute atomic E-state index is 2.53. The molecule has 0 spiro atoms. The van der Waals surface area contributed by atoms with Crippen LogP contribution in [0.3, 0.4) is 0 Å². The van der Waals surface area contributed by atoms with Gasteiger partial charge in [-0.1, -0.05) is 0 Å². The summed E-state index contributed by atoms with van der Waals surface area (Å²) in [6.45, 7) is 11.5. The van der Waals surface area contributed by atoms with Crippen molar-refractivity contribution in [1.82, 2.24) is 9.13 Å². The van der Waals surface area contributed by atoms with Crippen LogP contribution in [-0.4, -0.2) is 9.13 Å². The molecular weight excluding hydrogens is 369 g/mol. The molecule has 2 aromatic rings. The summed E-state index contributed by atoms with van der Waals surface area (Å²) in [5.74, 6) is 0. The quantitative estimate of drug-likeness (QED) is 0.532. The molecular formula is C20H32N2Ru. The SMILES string of the molecule is CCCc1ccn(CCC)[c]1[Ru][c]1c(CCC)ccn1CCC. The first kappa shape index (κ1) is 18.5. The van der Waals surface area contributed by atoms with Crippen LogP contribution in [0.25, 0.3) is 0 Å². The maximum atomic E-state index is 2.53. The number of hydrogen-bond donors (Lipinski definition) is 0. The van der Waals surface area contributed by atoms with Crippen LogP contribution in [-0.2, 0) is 43.1 Å². The minimum absolute atomic E-state index is 0.110. The van der Waals surface area contributed by atoms with Crippen LogP contribution in [0.15, 0.2) is 24.5 Å². The number of rotatable bonds is 10. The minimum atomic E-state index is 0.110. The van der Waals surface area contributed by atoms with Crippen LogP contribution >= 0.6 is 0 Å². The Morgan fingerprint density at radius 2 is 1.13 bits per heavy atom. The van der Waals surface area contributed by atoms with Gasteiger partial charge in [-0.3, -0.25) is 0 Å². The molecule has 2 rings (SSSR count). The molecule has 2 aromatic heterocycles. The van der Waals surface area contributed by atoms with Crippen molar-refractivity contribution in [2.45, 2.75) is 79.3 Å². The van der Waals surface area contributed by atoms with Gasteiger partial charge >= 0.3 is 150 Å². The van der Waals surface area contributed by atoms with Gasteiger partial charge in [-0.05, 0) is 0 Å². The molecule has 0 atom stereocenters. The second-order valence-corrected chi connectivity index (χ2v) is 8.30. The summed E-state index contributed by atoms with van der Waals surface area (Å²) in [6.07, 6.45) is 12.0. The van der Waals surface area contributed by atoms with E-state index in [-0.39, 0.29) is 17.1 Å². The zero-order valence-electron chi connectivity index (χ0n) is 15.2. The van der Waals surface area contributed by atoms with E-state index in [1.54, 1.807) is 19.7 Å².